The molecule has 1 aromatic carbocycles. The van der Waals surface area contributed by atoms with Crippen LogP contribution in [0.15, 0.2) is 24.3 Å². The van der Waals surface area contributed by atoms with Gasteiger partial charge in [0.2, 0.25) is 5.91 Å². The molecule has 2 N–H and O–H groups in total. The quantitative estimate of drug-likeness (QED) is 0.769. The Balaban J connectivity index is 2.17. The highest BCUT2D eigenvalue weighted by Crippen LogP contribution is 2.19. The molecule has 0 radical (unpaired) electrons. The lowest BCUT2D eigenvalue weighted by atomic mass is 10.0. The first-order valence-corrected chi connectivity index (χ1v) is 8.85. The molecule has 0 aliphatic carbocycles. The molecule has 0 aromatic heterocycles. The summed E-state index contributed by atoms with van der Waals surface area (Å²) in [5, 5.41) is 12.0. The lowest BCUT2D eigenvalue weighted by Crippen LogP contribution is -2.58. The van der Waals surface area contributed by atoms with Crippen LogP contribution in [-0.2, 0) is 14.3 Å². The Morgan fingerprint density at radius 2 is 1.93 bits per heavy atom. The van der Waals surface area contributed by atoms with Crippen molar-refractivity contribution in [1.29, 1.82) is 0 Å². The predicted octanol–water partition coefficient (Wildman–Crippen LogP) is 1.15. The van der Waals surface area contributed by atoms with Crippen LogP contribution in [0.1, 0.15) is 31.1 Å². The molecule has 1 aliphatic rings. The number of carboxylic acids is 1. The zero-order chi connectivity index (χ0) is 20.1. The predicted molar refractivity (Wildman–Crippen MR) is 97.6 cm³/mol. The molecule has 8 heteroatoms. The first-order valence-electron chi connectivity index (χ1n) is 8.85. The SMILES string of the molecule is COc1ccccc1C(=O)NC(C(=O)N1CC(C(=O)O)O[C@H](C)C1)C(C)C. The van der Waals surface area contributed by atoms with Gasteiger partial charge in [-0.05, 0) is 25.0 Å². The molecule has 1 aliphatic heterocycles. The van der Waals surface area contributed by atoms with Crippen molar-refractivity contribution in [2.24, 2.45) is 5.92 Å². The third-order valence-electron chi connectivity index (χ3n) is 4.42. The molecule has 0 spiro atoms. The fourth-order valence-electron chi connectivity index (χ4n) is 3.03. The van der Waals surface area contributed by atoms with Gasteiger partial charge in [-0.3, -0.25) is 9.59 Å². The Morgan fingerprint density at radius 3 is 2.52 bits per heavy atom. The number of carboxylic acid groups (broad SMARTS) is 1. The molecule has 0 saturated carbocycles. The number of hydrogen-bond acceptors (Lipinski definition) is 5. The van der Waals surface area contributed by atoms with Gasteiger partial charge in [0, 0.05) is 6.54 Å². The minimum Gasteiger partial charge on any atom is -0.496 e. The van der Waals surface area contributed by atoms with Gasteiger partial charge in [0.05, 0.1) is 25.3 Å². The summed E-state index contributed by atoms with van der Waals surface area (Å²) < 4.78 is 10.6. The second kappa shape index (κ2) is 8.85. The van der Waals surface area contributed by atoms with Gasteiger partial charge in [0.15, 0.2) is 6.10 Å². The normalized spacial score (nSPS) is 20.9. The number of aliphatic carboxylic acids is 1. The molecule has 1 aromatic rings. The van der Waals surface area contributed by atoms with Crippen molar-refractivity contribution in [3.63, 3.8) is 0 Å². The second-order valence-electron chi connectivity index (χ2n) is 6.91. The molecule has 3 atom stereocenters. The summed E-state index contributed by atoms with van der Waals surface area (Å²) in [4.78, 5) is 38.4. The highest BCUT2D eigenvalue weighted by molar-refractivity contribution is 5.99. The zero-order valence-corrected chi connectivity index (χ0v) is 16.0. The molecular formula is C19H26N2O6. The monoisotopic (exact) mass is 378 g/mol. The lowest BCUT2D eigenvalue weighted by Gasteiger charge is -2.37. The van der Waals surface area contributed by atoms with E-state index in [4.69, 9.17) is 9.47 Å². The van der Waals surface area contributed by atoms with Crippen LogP contribution >= 0.6 is 0 Å². The minimum absolute atomic E-state index is 0.0493. The van der Waals surface area contributed by atoms with Crippen LogP contribution in [0.4, 0.5) is 0 Å². The number of hydrogen-bond donors (Lipinski definition) is 2. The molecule has 2 unspecified atom stereocenters. The number of para-hydroxylation sites is 1. The molecule has 2 rings (SSSR count). The Hall–Kier alpha value is -2.61. The molecule has 8 nitrogen and oxygen atoms in total. The Labute approximate surface area is 158 Å². The van der Waals surface area contributed by atoms with Crippen molar-refractivity contribution in [1.82, 2.24) is 10.2 Å². The number of methoxy groups -OCH3 is 1. The van der Waals surface area contributed by atoms with Gasteiger partial charge in [-0.2, -0.15) is 0 Å². The van der Waals surface area contributed by atoms with Crippen molar-refractivity contribution in [3.05, 3.63) is 29.8 Å². The van der Waals surface area contributed by atoms with Gasteiger partial charge in [-0.15, -0.1) is 0 Å². The third-order valence-corrected chi connectivity index (χ3v) is 4.42. The first-order chi connectivity index (χ1) is 12.7. The van der Waals surface area contributed by atoms with E-state index in [9.17, 15) is 19.5 Å². The van der Waals surface area contributed by atoms with Crippen LogP contribution < -0.4 is 10.1 Å². The summed E-state index contributed by atoms with van der Waals surface area (Å²) in [6.07, 6.45) is -1.48. The van der Waals surface area contributed by atoms with Gasteiger partial charge in [0.1, 0.15) is 11.8 Å². The number of nitrogens with one attached hydrogen (secondary N) is 1. The standard InChI is InChI=1S/C19H26N2O6/c1-11(2)16(20-17(22)13-7-5-6-8-14(13)26-4)18(23)21-9-12(3)27-15(10-21)19(24)25/h5-8,11-12,15-16H,9-10H2,1-4H3,(H,20,22)(H,24,25)/t12-,15?,16?/m1/s1. The summed E-state index contributed by atoms with van der Waals surface area (Å²) >= 11 is 0. The van der Waals surface area contributed by atoms with Gasteiger partial charge >= 0.3 is 5.97 Å². The summed E-state index contributed by atoms with van der Waals surface area (Å²) in [5.74, 6) is -1.63. The van der Waals surface area contributed by atoms with E-state index in [0.717, 1.165) is 0 Å². The third kappa shape index (κ3) is 4.97. The maximum absolute atomic E-state index is 13.0. The molecular weight excluding hydrogens is 352 g/mol. The fourth-order valence-corrected chi connectivity index (χ4v) is 3.03. The molecule has 2 amide bonds. The topological polar surface area (TPSA) is 105 Å². The number of amides is 2. The van der Waals surface area contributed by atoms with Crippen LogP contribution in [0.3, 0.4) is 0 Å². The van der Waals surface area contributed by atoms with E-state index in [1.807, 2.05) is 13.8 Å². The van der Waals surface area contributed by atoms with E-state index < -0.39 is 30.1 Å². The highest BCUT2D eigenvalue weighted by Gasteiger charge is 2.37. The summed E-state index contributed by atoms with van der Waals surface area (Å²) in [7, 11) is 1.47. The number of carbonyl (C=O) groups excluding carboxylic acids is 2. The van der Waals surface area contributed by atoms with Crippen molar-refractivity contribution in [2.45, 2.75) is 39.0 Å². The molecule has 148 valence electrons. The average Bonchev–Trinajstić information content (AvgIpc) is 2.64. The van der Waals surface area contributed by atoms with Crippen LogP contribution in [-0.4, -0.2) is 66.2 Å². The number of nitrogens with zero attached hydrogens (tertiary/aromatic N) is 1. The second-order valence-corrected chi connectivity index (χ2v) is 6.91. The van der Waals surface area contributed by atoms with E-state index in [1.165, 1.54) is 12.0 Å². The molecule has 27 heavy (non-hydrogen) atoms. The molecule has 1 saturated heterocycles. The number of carbonyl (C=O) groups is 3. The van der Waals surface area contributed by atoms with Gasteiger partial charge in [-0.1, -0.05) is 26.0 Å². The van der Waals surface area contributed by atoms with Crippen LogP contribution in [0, 0.1) is 5.92 Å². The van der Waals surface area contributed by atoms with Crippen LogP contribution in [0.25, 0.3) is 0 Å². The van der Waals surface area contributed by atoms with Gasteiger partial charge in [-0.25, -0.2) is 4.79 Å². The Bertz CT molecular complexity index is 705. The zero-order valence-electron chi connectivity index (χ0n) is 16.0. The maximum Gasteiger partial charge on any atom is 0.334 e. The Kier molecular flexibility index (Phi) is 6.79. The summed E-state index contributed by atoms with van der Waals surface area (Å²) in [5.41, 5.74) is 0.331. The van der Waals surface area contributed by atoms with Crippen molar-refractivity contribution in [2.75, 3.05) is 20.2 Å². The largest absolute Gasteiger partial charge is 0.496 e. The summed E-state index contributed by atoms with van der Waals surface area (Å²) in [6, 6.07) is 5.96. The summed E-state index contributed by atoms with van der Waals surface area (Å²) in [6.45, 7) is 5.59. The lowest BCUT2D eigenvalue weighted by molar-refractivity contribution is -0.167. The number of rotatable bonds is 6. The van der Waals surface area contributed by atoms with E-state index in [0.29, 0.717) is 11.3 Å². The maximum atomic E-state index is 13.0. The number of benzene rings is 1. The average molecular weight is 378 g/mol. The van der Waals surface area contributed by atoms with E-state index in [2.05, 4.69) is 5.32 Å². The fraction of sp³-hybridized carbons (Fsp3) is 0.526. The highest BCUT2D eigenvalue weighted by atomic mass is 16.5. The van der Waals surface area contributed by atoms with E-state index in [1.54, 1.807) is 31.2 Å². The van der Waals surface area contributed by atoms with Crippen LogP contribution in [0.5, 0.6) is 5.75 Å². The minimum atomic E-state index is -1.11. The van der Waals surface area contributed by atoms with E-state index in [-0.39, 0.29) is 24.9 Å². The molecule has 1 heterocycles. The number of ether oxygens (including phenoxy) is 2. The Morgan fingerprint density at radius 1 is 1.26 bits per heavy atom. The van der Waals surface area contributed by atoms with E-state index >= 15 is 0 Å². The first kappa shape index (κ1) is 20.7. The van der Waals surface area contributed by atoms with Crippen molar-refractivity contribution < 1.29 is 29.0 Å². The molecule has 0 bridgehead atoms. The smallest absolute Gasteiger partial charge is 0.334 e. The van der Waals surface area contributed by atoms with Crippen molar-refractivity contribution in [3.8, 4) is 5.75 Å². The van der Waals surface area contributed by atoms with Gasteiger partial charge in [0.25, 0.3) is 5.91 Å². The van der Waals surface area contributed by atoms with Crippen LogP contribution in [0.2, 0.25) is 0 Å². The molecule has 1 fully saturated rings. The van der Waals surface area contributed by atoms with Crippen molar-refractivity contribution >= 4 is 17.8 Å². The number of morpholine rings is 1. The van der Waals surface area contributed by atoms with Gasteiger partial charge < -0.3 is 24.8 Å².